The molecule has 1 saturated heterocycles. The van der Waals surface area contributed by atoms with Crippen LogP contribution in [-0.2, 0) is 9.59 Å². The van der Waals surface area contributed by atoms with Gasteiger partial charge in [-0.3, -0.25) is 19.4 Å². The van der Waals surface area contributed by atoms with Crippen LogP contribution in [0.25, 0.3) is 0 Å². The minimum atomic E-state index is -0.929. The van der Waals surface area contributed by atoms with Crippen LogP contribution in [0.1, 0.15) is 44.1 Å². The van der Waals surface area contributed by atoms with Gasteiger partial charge in [0.1, 0.15) is 5.82 Å². The molecule has 1 aromatic heterocycles. The van der Waals surface area contributed by atoms with E-state index in [1.54, 1.807) is 24.3 Å². The summed E-state index contributed by atoms with van der Waals surface area (Å²) in [5.74, 6) is -1.14. The molecule has 0 saturated carbocycles. The van der Waals surface area contributed by atoms with Gasteiger partial charge < -0.3 is 15.5 Å². The fraction of sp³-hybridized carbons (Fsp3) is 0.400. The quantitative estimate of drug-likeness (QED) is 0.714. The SMILES string of the molecule is CC1CCCCN1c1nc2c(c(=O)[nH]1)C(C(=O)Nc1cccc(Cl)c1)CC(=O)N2. The maximum Gasteiger partial charge on any atom is 0.258 e. The van der Waals surface area contributed by atoms with Crippen molar-refractivity contribution >= 4 is 40.9 Å². The number of hydrogen-bond acceptors (Lipinski definition) is 5. The second-order valence-corrected chi connectivity index (χ2v) is 7.93. The normalized spacial score (nSPS) is 21.3. The van der Waals surface area contributed by atoms with Gasteiger partial charge in [0.2, 0.25) is 17.8 Å². The Bertz CT molecular complexity index is 1020. The third-order valence-electron chi connectivity index (χ3n) is 5.42. The zero-order valence-corrected chi connectivity index (χ0v) is 16.8. The van der Waals surface area contributed by atoms with Gasteiger partial charge in [0.15, 0.2) is 0 Å². The molecule has 2 amide bonds. The summed E-state index contributed by atoms with van der Waals surface area (Å²) in [5, 5.41) is 5.86. The van der Waals surface area contributed by atoms with Gasteiger partial charge in [0, 0.05) is 29.7 Å². The smallest absolute Gasteiger partial charge is 0.258 e. The number of rotatable bonds is 3. The maximum absolute atomic E-state index is 12.9. The Balaban J connectivity index is 1.66. The summed E-state index contributed by atoms with van der Waals surface area (Å²) in [6.45, 7) is 2.87. The number of piperidine rings is 1. The van der Waals surface area contributed by atoms with Crippen LogP contribution in [0.5, 0.6) is 0 Å². The number of carbonyl (C=O) groups excluding carboxylic acids is 2. The average Bonchev–Trinajstić information content (AvgIpc) is 2.67. The summed E-state index contributed by atoms with van der Waals surface area (Å²) < 4.78 is 0. The lowest BCUT2D eigenvalue weighted by atomic mass is 9.92. The van der Waals surface area contributed by atoms with E-state index in [0.717, 1.165) is 25.8 Å². The first kappa shape index (κ1) is 19.4. The molecule has 2 aromatic rings. The monoisotopic (exact) mass is 415 g/mol. The molecule has 1 fully saturated rings. The van der Waals surface area contributed by atoms with Gasteiger partial charge in [0.05, 0.1) is 11.5 Å². The second kappa shape index (κ2) is 7.87. The third-order valence-corrected chi connectivity index (χ3v) is 5.66. The van der Waals surface area contributed by atoms with Crippen LogP contribution in [0.2, 0.25) is 5.02 Å². The number of fused-ring (bicyclic) bond motifs is 1. The Labute approximate surface area is 172 Å². The van der Waals surface area contributed by atoms with Crippen LogP contribution >= 0.6 is 11.6 Å². The van der Waals surface area contributed by atoms with Crippen molar-refractivity contribution in [2.24, 2.45) is 0 Å². The summed E-state index contributed by atoms with van der Waals surface area (Å²) in [6, 6.07) is 6.94. The Kier molecular flexibility index (Phi) is 5.27. The molecular weight excluding hydrogens is 394 g/mol. The first-order valence-electron chi connectivity index (χ1n) is 9.69. The summed E-state index contributed by atoms with van der Waals surface area (Å²) >= 11 is 5.96. The molecule has 0 bridgehead atoms. The predicted octanol–water partition coefficient (Wildman–Crippen LogP) is 2.87. The Morgan fingerprint density at radius 3 is 2.90 bits per heavy atom. The highest BCUT2D eigenvalue weighted by Crippen LogP contribution is 2.31. The van der Waals surface area contributed by atoms with Crippen LogP contribution in [0, 0.1) is 0 Å². The standard InChI is InChI=1S/C20H22ClN5O3/c1-11-5-2-3-8-26(11)20-24-17-16(19(29)25-20)14(10-15(27)23-17)18(28)22-13-7-4-6-12(21)9-13/h4,6-7,9,11,14H,2-3,5,8,10H2,1H3,(H,22,28)(H2,23,24,25,27,29). The Hall–Kier alpha value is -2.87. The number of benzene rings is 1. The highest BCUT2D eigenvalue weighted by Gasteiger charge is 2.35. The van der Waals surface area contributed by atoms with Crippen molar-refractivity contribution < 1.29 is 9.59 Å². The zero-order chi connectivity index (χ0) is 20.5. The van der Waals surface area contributed by atoms with Crippen LogP contribution in [0.4, 0.5) is 17.5 Å². The van der Waals surface area contributed by atoms with E-state index < -0.39 is 17.4 Å². The molecule has 2 atom stereocenters. The lowest BCUT2D eigenvalue weighted by molar-refractivity contribution is -0.123. The fourth-order valence-corrected chi connectivity index (χ4v) is 4.12. The molecule has 0 spiro atoms. The zero-order valence-electron chi connectivity index (χ0n) is 16.0. The van der Waals surface area contributed by atoms with Crippen LogP contribution in [-0.4, -0.2) is 34.4 Å². The second-order valence-electron chi connectivity index (χ2n) is 7.49. The first-order valence-corrected chi connectivity index (χ1v) is 10.1. The molecule has 4 rings (SSSR count). The summed E-state index contributed by atoms with van der Waals surface area (Å²) in [7, 11) is 0. The number of aromatic nitrogens is 2. The van der Waals surface area contributed by atoms with Gasteiger partial charge in [0.25, 0.3) is 5.56 Å². The molecule has 2 unspecified atom stereocenters. The van der Waals surface area contributed by atoms with Crippen LogP contribution in [0.15, 0.2) is 29.1 Å². The summed E-state index contributed by atoms with van der Waals surface area (Å²) in [5.41, 5.74) is 0.268. The molecule has 3 N–H and O–H groups in total. The van der Waals surface area contributed by atoms with E-state index in [2.05, 4.69) is 27.5 Å². The third kappa shape index (κ3) is 3.98. The average molecular weight is 416 g/mol. The number of amides is 2. The number of carbonyl (C=O) groups is 2. The summed E-state index contributed by atoms with van der Waals surface area (Å²) in [6.07, 6.45) is 3.04. The number of nitrogens with one attached hydrogen (secondary N) is 3. The predicted molar refractivity (Wildman–Crippen MR) is 112 cm³/mol. The van der Waals surface area contributed by atoms with Crippen molar-refractivity contribution in [3.63, 3.8) is 0 Å². The van der Waals surface area contributed by atoms with E-state index in [-0.39, 0.29) is 29.8 Å². The molecule has 2 aliphatic rings. The van der Waals surface area contributed by atoms with Gasteiger partial charge in [-0.2, -0.15) is 4.98 Å². The Morgan fingerprint density at radius 2 is 2.14 bits per heavy atom. The van der Waals surface area contributed by atoms with Crippen molar-refractivity contribution in [1.82, 2.24) is 9.97 Å². The van der Waals surface area contributed by atoms with E-state index in [0.29, 0.717) is 16.7 Å². The van der Waals surface area contributed by atoms with Gasteiger partial charge in [-0.25, -0.2) is 0 Å². The largest absolute Gasteiger partial charge is 0.340 e. The van der Waals surface area contributed by atoms with Crippen molar-refractivity contribution in [3.05, 3.63) is 45.2 Å². The number of aromatic amines is 1. The molecular formula is C20H22ClN5O3. The van der Waals surface area contributed by atoms with Crippen molar-refractivity contribution in [1.29, 1.82) is 0 Å². The molecule has 9 heteroatoms. The van der Waals surface area contributed by atoms with Crippen molar-refractivity contribution in [2.45, 2.75) is 44.6 Å². The number of H-pyrrole nitrogens is 1. The van der Waals surface area contributed by atoms with E-state index in [9.17, 15) is 14.4 Å². The minimum Gasteiger partial charge on any atom is -0.340 e. The molecule has 1 aromatic carbocycles. The Morgan fingerprint density at radius 1 is 1.31 bits per heavy atom. The lowest BCUT2D eigenvalue weighted by Crippen LogP contribution is -2.41. The van der Waals surface area contributed by atoms with E-state index in [1.807, 2.05) is 4.90 Å². The lowest BCUT2D eigenvalue weighted by Gasteiger charge is -2.34. The number of anilines is 3. The fourth-order valence-electron chi connectivity index (χ4n) is 3.93. The first-order chi connectivity index (χ1) is 13.9. The molecule has 8 nitrogen and oxygen atoms in total. The van der Waals surface area contributed by atoms with E-state index in [1.165, 1.54) is 0 Å². The highest BCUT2D eigenvalue weighted by atomic mass is 35.5. The van der Waals surface area contributed by atoms with Gasteiger partial charge >= 0.3 is 0 Å². The molecule has 29 heavy (non-hydrogen) atoms. The van der Waals surface area contributed by atoms with E-state index in [4.69, 9.17) is 11.6 Å². The van der Waals surface area contributed by atoms with Crippen molar-refractivity contribution in [3.8, 4) is 0 Å². The highest BCUT2D eigenvalue weighted by molar-refractivity contribution is 6.30. The molecule has 2 aliphatic heterocycles. The number of nitrogens with zero attached hydrogens (tertiary/aromatic N) is 2. The maximum atomic E-state index is 12.9. The molecule has 152 valence electrons. The number of hydrogen-bond donors (Lipinski definition) is 3. The topological polar surface area (TPSA) is 107 Å². The number of halogens is 1. The molecule has 0 radical (unpaired) electrons. The van der Waals surface area contributed by atoms with Gasteiger partial charge in [-0.15, -0.1) is 0 Å². The van der Waals surface area contributed by atoms with Gasteiger partial charge in [-0.1, -0.05) is 17.7 Å². The van der Waals surface area contributed by atoms with Crippen LogP contribution < -0.4 is 21.1 Å². The van der Waals surface area contributed by atoms with Crippen molar-refractivity contribution in [2.75, 3.05) is 22.1 Å². The summed E-state index contributed by atoms with van der Waals surface area (Å²) in [4.78, 5) is 47.3. The molecule has 0 aliphatic carbocycles. The minimum absolute atomic E-state index is 0.121. The van der Waals surface area contributed by atoms with Crippen LogP contribution in [0.3, 0.4) is 0 Å². The van der Waals surface area contributed by atoms with Gasteiger partial charge in [-0.05, 0) is 44.4 Å². The van der Waals surface area contributed by atoms with E-state index >= 15 is 0 Å². The molecule has 3 heterocycles.